The van der Waals surface area contributed by atoms with Gasteiger partial charge in [-0.15, -0.1) is 0 Å². The van der Waals surface area contributed by atoms with Gasteiger partial charge in [0.15, 0.2) is 0 Å². The second kappa shape index (κ2) is 4.80. The number of amides is 1. The maximum Gasteiger partial charge on any atom is 0.223 e. The summed E-state index contributed by atoms with van der Waals surface area (Å²) in [6.07, 6.45) is 1.99. The Bertz CT molecular complexity index is 437. The molecular formula is C13H12FNO. The van der Waals surface area contributed by atoms with Crippen LogP contribution in [-0.4, -0.2) is 12.5 Å². The lowest BCUT2D eigenvalue weighted by Gasteiger charge is -1.96. The molecule has 1 saturated carbocycles. The molecule has 0 atom stereocenters. The molecule has 82 valence electrons. The van der Waals surface area contributed by atoms with Crippen molar-refractivity contribution < 1.29 is 9.18 Å². The first kappa shape index (κ1) is 10.7. The molecule has 1 aliphatic carbocycles. The van der Waals surface area contributed by atoms with Crippen LogP contribution in [0, 0.1) is 23.6 Å². The molecule has 0 bridgehead atoms. The van der Waals surface area contributed by atoms with Gasteiger partial charge in [0.05, 0.1) is 6.54 Å². The molecule has 3 heteroatoms. The minimum atomic E-state index is -0.271. The van der Waals surface area contributed by atoms with Gasteiger partial charge in [0.2, 0.25) is 5.91 Å². The van der Waals surface area contributed by atoms with Gasteiger partial charge in [0.1, 0.15) is 5.82 Å². The molecule has 1 N–H and O–H groups in total. The minimum Gasteiger partial charge on any atom is -0.345 e. The lowest BCUT2D eigenvalue weighted by Crippen LogP contribution is -2.24. The van der Waals surface area contributed by atoms with Gasteiger partial charge in [-0.25, -0.2) is 4.39 Å². The van der Waals surface area contributed by atoms with Gasteiger partial charge in [-0.1, -0.05) is 11.8 Å². The Labute approximate surface area is 93.9 Å². The summed E-state index contributed by atoms with van der Waals surface area (Å²) in [6, 6.07) is 5.97. The van der Waals surface area contributed by atoms with Gasteiger partial charge in [0.25, 0.3) is 0 Å². The first-order valence-electron chi connectivity index (χ1n) is 5.28. The third kappa shape index (κ3) is 3.09. The van der Waals surface area contributed by atoms with E-state index in [0.29, 0.717) is 6.54 Å². The zero-order chi connectivity index (χ0) is 11.4. The summed E-state index contributed by atoms with van der Waals surface area (Å²) >= 11 is 0. The van der Waals surface area contributed by atoms with Crippen LogP contribution < -0.4 is 5.32 Å². The van der Waals surface area contributed by atoms with Gasteiger partial charge in [-0.05, 0) is 37.1 Å². The summed E-state index contributed by atoms with van der Waals surface area (Å²) in [5.41, 5.74) is 0.752. The van der Waals surface area contributed by atoms with Crippen molar-refractivity contribution in [2.75, 3.05) is 6.54 Å². The second-order valence-corrected chi connectivity index (χ2v) is 3.80. The number of benzene rings is 1. The Hall–Kier alpha value is -1.82. The molecule has 0 heterocycles. The third-order valence-corrected chi connectivity index (χ3v) is 2.38. The number of carbonyl (C=O) groups excluding carboxylic acids is 1. The SMILES string of the molecule is O=C(NCC#Cc1ccc(F)cc1)C1CC1. The Balaban J connectivity index is 1.80. The highest BCUT2D eigenvalue weighted by Crippen LogP contribution is 2.28. The Morgan fingerprint density at radius 3 is 2.69 bits per heavy atom. The fraction of sp³-hybridized carbons (Fsp3) is 0.308. The zero-order valence-corrected chi connectivity index (χ0v) is 8.79. The van der Waals surface area contributed by atoms with Crippen molar-refractivity contribution in [3.05, 3.63) is 35.6 Å². The largest absolute Gasteiger partial charge is 0.345 e. The van der Waals surface area contributed by atoms with Crippen molar-refractivity contribution in [2.45, 2.75) is 12.8 Å². The Morgan fingerprint density at radius 1 is 1.38 bits per heavy atom. The van der Waals surface area contributed by atoms with Gasteiger partial charge in [-0.2, -0.15) is 0 Å². The summed E-state index contributed by atoms with van der Waals surface area (Å²) in [4.78, 5) is 11.2. The van der Waals surface area contributed by atoms with Crippen molar-refractivity contribution in [3.8, 4) is 11.8 Å². The highest BCUT2D eigenvalue weighted by atomic mass is 19.1. The Kier molecular flexibility index (Phi) is 3.21. The lowest BCUT2D eigenvalue weighted by atomic mass is 10.2. The van der Waals surface area contributed by atoms with Crippen molar-refractivity contribution in [1.29, 1.82) is 0 Å². The third-order valence-electron chi connectivity index (χ3n) is 2.38. The fourth-order valence-corrected chi connectivity index (χ4v) is 1.30. The molecule has 1 aromatic rings. The normalized spacial score (nSPS) is 13.8. The molecule has 1 amide bonds. The monoisotopic (exact) mass is 217 g/mol. The number of nitrogens with one attached hydrogen (secondary N) is 1. The molecule has 2 rings (SSSR count). The van der Waals surface area contributed by atoms with Gasteiger partial charge in [-0.3, -0.25) is 4.79 Å². The van der Waals surface area contributed by atoms with E-state index >= 15 is 0 Å². The van der Waals surface area contributed by atoms with E-state index in [4.69, 9.17) is 0 Å². The predicted octanol–water partition coefficient (Wildman–Crippen LogP) is 1.70. The van der Waals surface area contributed by atoms with Crippen LogP contribution in [0.15, 0.2) is 24.3 Å². The standard InChI is InChI=1S/C13H12FNO/c14-12-7-3-10(4-8-12)2-1-9-15-13(16)11-5-6-11/h3-4,7-8,11H,5-6,9H2,(H,15,16). The number of hydrogen-bond acceptors (Lipinski definition) is 1. The Morgan fingerprint density at radius 2 is 2.06 bits per heavy atom. The van der Waals surface area contributed by atoms with E-state index in [0.717, 1.165) is 18.4 Å². The van der Waals surface area contributed by atoms with E-state index < -0.39 is 0 Å². The molecule has 1 aliphatic rings. The van der Waals surface area contributed by atoms with Crippen LogP contribution in [0.3, 0.4) is 0 Å². The first-order valence-corrected chi connectivity index (χ1v) is 5.28. The van der Waals surface area contributed by atoms with Gasteiger partial charge < -0.3 is 5.32 Å². The van der Waals surface area contributed by atoms with E-state index in [1.807, 2.05) is 0 Å². The second-order valence-electron chi connectivity index (χ2n) is 3.80. The van der Waals surface area contributed by atoms with Crippen molar-refractivity contribution in [3.63, 3.8) is 0 Å². The van der Waals surface area contributed by atoms with Crippen LogP contribution in [0.2, 0.25) is 0 Å². The molecule has 1 fully saturated rings. The van der Waals surface area contributed by atoms with E-state index in [-0.39, 0.29) is 17.6 Å². The molecule has 1 aromatic carbocycles. The van der Waals surface area contributed by atoms with E-state index in [1.54, 1.807) is 12.1 Å². The smallest absolute Gasteiger partial charge is 0.223 e. The van der Waals surface area contributed by atoms with Crippen LogP contribution in [0.4, 0.5) is 4.39 Å². The molecule has 0 aromatic heterocycles. The molecule has 2 nitrogen and oxygen atoms in total. The molecule has 0 radical (unpaired) electrons. The average molecular weight is 217 g/mol. The predicted molar refractivity (Wildman–Crippen MR) is 59.0 cm³/mol. The van der Waals surface area contributed by atoms with Crippen LogP contribution in [0.1, 0.15) is 18.4 Å². The maximum absolute atomic E-state index is 12.6. The average Bonchev–Trinajstić information content (AvgIpc) is 3.10. The number of rotatable bonds is 2. The summed E-state index contributed by atoms with van der Waals surface area (Å²) < 4.78 is 12.6. The van der Waals surface area contributed by atoms with Crippen molar-refractivity contribution in [1.82, 2.24) is 5.32 Å². The van der Waals surface area contributed by atoms with Crippen molar-refractivity contribution >= 4 is 5.91 Å². The molecular weight excluding hydrogens is 205 g/mol. The molecule has 0 aliphatic heterocycles. The quantitative estimate of drug-likeness (QED) is 0.751. The summed E-state index contributed by atoms with van der Waals surface area (Å²) in [7, 11) is 0. The summed E-state index contributed by atoms with van der Waals surface area (Å²) in [5, 5.41) is 2.74. The molecule has 0 spiro atoms. The van der Waals surface area contributed by atoms with Crippen LogP contribution >= 0.6 is 0 Å². The first-order chi connectivity index (χ1) is 7.75. The van der Waals surface area contributed by atoms with Gasteiger partial charge >= 0.3 is 0 Å². The van der Waals surface area contributed by atoms with Crippen molar-refractivity contribution in [2.24, 2.45) is 5.92 Å². The van der Waals surface area contributed by atoms with E-state index in [2.05, 4.69) is 17.2 Å². The summed E-state index contributed by atoms with van der Waals surface area (Å²) in [6.45, 7) is 0.354. The molecule has 0 saturated heterocycles. The number of hydrogen-bond donors (Lipinski definition) is 1. The molecule has 0 unspecified atom stereocenters. The minimum absolute atomic E-state index is 0.0911. The fourth-order valence-electron chi connectivity index (χ4n) is 1.30. The highest BCUT2D eigenvalue weighted by Gasteiger charge is 2.28. The van der Waals surface area contributed by atoms with E-state index in [9.17, 15) is 9.18 Å². The van der Waals surface area contributed by atoms with Crippen LogP contribution in [-0.2, 0) is 4.79 Å². The maximum atomic E-state index is 12.6. The summed E-state index contributed by atoms with van der Waals surface area (Å²) in [5.74, 6) is 5.72. The number of carbonyl (C=O) groups is 1. The van der Waals surface area contributed by atoms with Crippen LogP contribution in [0.5, 0.6) is 0 Å². The number of halogens is 1. The zero-order valence-electron chi connectivity index (χ0n) is 8.79. The topological polar surface area (TPSA) is 29.1 Å². The van der Waals surface area contributed by atoms with Crippen LogP contribution in [0.25, 0.3) is 0 Å². The van der Waals surface area contributed by atoms with E-state index in [1.165, 1.54) is 12.1 Å². The molecule has 16 heavy (non-hydrogen) atoms. The lowest BCUT2D eigenvalue weighted by molar-refractivity contribution is -0.122. The highest BCUT2D eigenvalue weighted by molar-refractivity contribution is 5.81. The van der Waals surface area contributed by atoms with Gasteiger partial charge in [0, 0.05) is 11.5 Å².